The smallest absolute Gasteiger partial charge is 0.251 e. The number of fused-ring (bicyclic) bond motifs is 1. The number of phenolic OH excluding ortho intramolecular Hbond substituents is 1. The van der Waals surface area contributed by atoms with Crippen molar-refractivity contribution < 1.29 is 19.7 Å². The number of rotatable bonds is 4. The summed E-state index contributed by atoms with van der Waals surface area (Å²) in [5.74, 6) is 0.962. The fraction of sp³-hybridized carbons (Fsp3) is 0.350. The molecule has 2 aromatic carbocycles. The zero-order valence-corrected chi connectivity index (χ0v) is 13.8. The molecule has 2 aliphatic rings. The molecule has 0 saturated heterocycles. The van der Waals surface area contributed by atoms with Gasteiger partial charge in [0.05, 0.1) is 18.8 Å². The molecule has 5 nitrogen and oxygen atoms in total. The van der Waals surface area contributed by atoms with Gasteiger partial charge in [0.15, 0.2) is 0 Å². The Morgan fingerprint density at radius 2 is 2.04 bits per heavy atom. The van der Waals surface area contributed by atoms with E-state index in [0.717, 1.165) is 23.3 Å². The van der Waals surface area contributed by atoms with E-state index >= 15 is 0 Å². The summed E-state index contributed by atoms with van der Waals surface area (Å²) in [6, 6.07) is 12.2. The number of amides is 1. The maximum Gasteiger partial charge on any atom is 0.251 e. The summed E-state index contributed by atoms with van der Waals surface area (Å²) >= 11 is 0. The largest absolute Gasteiger partial charge is 0.508 e. The van der Waals surface area contributed by atoms with Crippen LogP contribution in [0.3, 0.4) is 0 Å². The first-order valence-electron chi connectivity index (χ1n) is 8.64. The molecular formula is C20H21NO4. The SMILES string of the molecule is O=C(N[C@H](c1ccc2c(c1)CCO2)C1CC(O)C1)c1cccc(O)c1. The second-order valence-electron chi connectivity index (χ2n) is 6.85. The fourth-order valence-corrected chi connectivity index (χ4v) is 3.65. The highest BCUT2D eigenvalue weighted by Crippen LogP contribution is 2.40. The van der Waals surface area contributed by atoms with Gasteiger partial charge in [-0.15, -0.1) is 0 Å². The molecule has 0 radical (unpaired) electrons. The molecule has 0 unspecified atom stereocenters. The van der Waals surface area contributed by atoms with Gasteiger partial charge in [0, 0.05) is 12.0 Å². The van der Waals surface area contributed by atoms with Crippen LogP contribution >= 0.6 is 0 Å². The Bertz CT molecular complexity index is 798. The van der Waals surface area contributed by atoms with Gasteiger partial charge in [0.2, 0.25) is 0 Å². The molecule has 0 spiro atoms. The normalized spacial score (nSPS) is 22.4. The van der Waals surface area contributed by atoms with Crippen LogP contribution in [0.2, 0.25) is 0 Å². The van der Waals surface area contributed by atoms with Crippen LogP contribution < -0.4 is 10.1 Å². The van der Waals surface area contributed by atoms with Crippen molar-refractivity contribution in [2.75, 3.05) is 6.61 Å². The highest BCUT2D eigenvalue weighted by Gasteiger charge is 2.36. The number of nitrogens with one attached hydrogen (secondary N) is 1. The molecule has 1 heterocycles. The minimum absolute atomic E-state index is 0.0675. The van der Waals surface area contributed by atoms with E-state index in [0.29, 0.717) is 25.0 Å². The number of aliphatic hydroxyl groups is 1. The summed E-state index contributed by atoms with van der Waals surface area (Å²) in [7, 11) is 0. The van der Waals surface area contributed by atoms with E-state index in [1.54, 1.807) is 12.1 Å². The number of hydrogen-bond acceptors (Lipinski definition) is 4. The van der Waals surface area contributed by atoms with Crippen LogP contribution in [0, 0.1) is 5.92 Å². The number of benzene rings is 2. The minimum atomic E-state index is -0.289. The highest BCUT2D eigenvalue weighted by molar-refractivity contribution is 5.94. The molecule has 5 heteroatoms. The molecular weight excluding hydrogens is 318 g/mol. The molecule has 4 rings (SSSR count). The highest BCUT2D eigenvalue weighted by atomic mass is 16.5. The van der Waals surface area contributed by atoms with Crippen molar-refractivity contribution in [2.24, 2.45) is 5.92 Å². The molecule has 0 aromatic heterocycles. The van der Waals surface area contributed by atoms with Crippen molar-refractivity contribution in [3.8, 4) is 11.5 Å². The van der Waals surface area contributed by atoms with E-state index in [1.807, 2.05) is 12.1 Å². The quantitative estimate of drug-likeness (QED) is 0.800. The van der Waals surface area contributed by atoms with Gasteiger partial charge in [-0.05, 0) is 60.2 Å². The van der Waals surface area contributed by atoms with Gasteiger partial charge in [-0.25, -0.2) is 0 Å². The first-order valence-corrected chi connectivity index (χ1v) is 8.64. The number of ether oxygens (including phenoxy) is 1. The molecule has 1 aliphatic heterocycles. The second kappa shape index (κ2) is 6.41. The maximum absolute atomic E-state index is 12.6. The number of aliphatic hydroxyl groups excluding tert-OH is 1. The molecule has 1 saturated carbocycles. The number of phenols is 1. The lowest BCUT2D eigenvalue weighted by Crippen LogP contribution is -2.41. The Morgan fingerprint density at radius 3 is 2.80 bits per heavy atom. The van der Waals surface area contributed by atoms with E-state index in [9.17, 15) is 15.0 Å². The third-order valence-electron chi connectivity index (χ3n) is 5.09. The predicted molar refractivity (Wildman–Crippen MR) is 92.7 cm³/mol. The fourth-order valence-electron chi connectivity index (χ4n) is 3.65. The first-order chi connectivity index (χ1) is 12.1. The summed E-state index contributed by atoms with van der Waals surface area (Å²) in [6.07, 6.45) is 1.95. The third-order valence-corrected chi connectivity index (χ3v) is 5.09. The molecule has 1 fully saturated rings. The summed E-state index contributed by atoms with van der Waals surface area (Å²) in [5.41, 5.74) is 2.62. The van der Waals surface area contributed by atoms with Gasteiger partial charge in [0.25, 0.3) is 5.91 Å². The van der Waals surface area contributed by atoms with E-state index in [-0.39, 0.29) is 29.7 Å². The van der Waals surface area contributed by atoms with Crippen LogP contribution in [0.25, 0.3) is 0 Å². The van der Waals surface area contributed by atoms with Crippen molar-refractivity contribution in [1.82, 2.24) is 5.32 Å². The van der Waals surface area contributed by atoms with Crippen LogP contribution in [-0.2, 0) is 6.42 Å². The molecule has 1 atom stereocenters. The molecule has 130 valence electrons. The first kappa shape index (κ1) is 16.0. The Labute approximate surface area is 146 Å². The number of hydrogen-bond donors (Lipinski definition) is 3. The van der Waals surface area contributed by atoms with E-state index < -0.39 is 0 Å². The molecule has 25 heavy (non-hydrogen) atoms. The molecule has 2 aromatic rings. The predicted octanol–water partition coefficient (Wildman–Crippen LogP) is 2.57. The average Bonchev–Trinajstić information content (AvgIpc) is 3.04. The van der Waals surface area contributed by atoms with Crippen LogP contribution in [0.15, 0.2) is 42.5 Å². The lowest BCUT2D eigenvalue weighted by Gasteiger charge is -2.38. The Hall–Kier alpha value is -2.53. The molecule has 1 aliphatic carbocycles. The lowest BCUT2D eigenvalue weighted by atomic mass is 9.74. The maximum atomic E-state index is 12.6. The van der Waals surface area contributed by atoms with Crippen LogP contribution in [0.5, 0.6) is 11.5 Å². The lowest BCUT2D eigenvalue weighted by molar-refractivity contribution is 0.0235. The van der Waals surface area contributed by atoms with Gasteiger partial charge >= 0.3 is 0 Å². The Kier molecular flexibility index (Phi) is 4.09. The van der Waals surface area contributed by atoms with Gasteiger partial charge in [-0.1, -0.05) is 12.1 Å². The summed E-state index contributed by atoms with van der Waals surface area (Å²) < 4.78 is 5.56. The zero-order valence-electron chi connectivity index (χ0n) is 13.8. The van der Waals surface area contributed by atoms with Gasteiger partial charge in [0.1, 0.15) is 11.5 Å². The number of aromatic hydroxyl groups is 1. The molecule has 3 N–H and O–H groups in total. The van der Waals surface area contributed by atoms with Gasteiger partial charge in [-0.2, -0.15) is 0 Å². The molecule has 1 amide bonds. The van der Waals surface area contributed by atoms with Crippen molar-refractivity contribution in [3.63, 3.8) is 0 Å². The third kappa shape index (κ3) is 3.20. The Morgan fingerprint density at radius 1 is 1.20 bits per heavy atom. The van der Waals surface area contributed by atoms with Crippen molar-refractivity contribution in [2.45, 2.75) is 31.4 Å². The van der Waals surface area contributed by atoms with Crippen molar-refractivity contribution >= 4 is 5.91 Å². The number of carbonyl (C=O) groups is 1. The monoisotopic (exact) mass is 339 g/mol. The standard InChI is InChI=1S/C20H21NO4/c22-16-3-1-2-14(9-16)20(24)21-19(15-10-17(23)11-15)13-4-5-18-12(8-13)6-7-25-18/h1-5,8-9,15,17,19,22-23H,6-7,10-11H2,(H,21,24)/t15?,17?,19-/m1/s1. The Balaban J connectivity index is 1.59. The summed E-state index contributed by atoms with van der Waals surface area (Å²) in [6.45, 7) is 0.696. The van der Waals surface area contributed by atoms with Crippen LogP contribution in [0.4, 0.5) is 0 Å². The molecule has 0 bridgehead atoms. The zero-order chi connectivity index (χ0) is 17.4. The van der Waals surface area contributed by atoms with E-state index in [2.05, 4.69) is 11.4 Å². The summed E-state index contributed by atoms with van der Waals surface area (Å²) in [4.78, 5) is 12.6. The van der Waals surface area contributed by atoms with E-state index in [4.69, 9.17) is 4.74 Å². The van der Waals surface area contributed by atoms with Gasteiger partial charge < -0.3 is 20.3 Å². The van der Waals surface area contributed by atoms with Crippen molar-refractivity contribution in [1.29, 1.82) is 0 Å². The average molecular weight is 339 g/mol. The van der Waals surface area contributed by atoms with E-state index in [1.165, 1.54) is 12.1 Å². The van der Waals surface area contributed by atoms with Crippen LogP contribution in [-0.4, -0.2) is 28.8 Å². The second-order valence-corrected chi connectivity index (χ2v) is 6.85. The van der Waals surface area contributed by atoms with Gasteiger partial charge in [-0.3, -0.25) is 4.79 Å². The van der Waals surface area contributed by atoms with Crippen LogP contribution in [0.1, 0.15) is 40.4 Å². The summed E-state index contributed by atoms with van der Waals surface area (Å²) in [5, 5.41) is 22.4. The minimum Gasteiger partial charge on any atom is -0.508 e. The number of carbonyl (C=O) groups excluding carboxylic acids is 1. The van der Waals surface area contributed by atoms with Crippen molar-refractivity contribution in [3.05, 3.63) is 59.2 Å². The topological polar surface area (TPSA) is 78.8 Å².